The number of halogens is 1. The van der Waals surface area contributed by atoms with Gasteiger partial charge in [-0.15, -0.1) is 0 Å². The summed E-state index contributed by atoms with van der Waals surface area (Å²) >= 11 is 5.87. The van der Waals surface area contributed by atoms with Crippen molar-refractivity contribution in [1.29, 1.82) is 0 Å². The van der Waals surface area contributed by atoms with Crippen LogP contribution in [-0.2, 0) is 11.2 Å². The maximum absolute atomic E-state index is 12.1. The molecule has 144 valence electrons. The summed E-state index contributed by atoms with van der Waals surface area (Å²) in [4.78, 5) is 28.1. The minimum atomic E-state index is -0.205. The molecule has 3 aromatic rings. The van der Waals surface area contributed by atoms with Gasteiger partial charge < -0.3 is 15.2 Å². The molecule has 3 rings (SSSR count). The van der Waals surface area contributed by atoms with E-state index in [1.54, 1.807) is 43.4 Å². The first-order valence-electron chi connectivity index (χ1n) is 8.75. The zero-order valence-corrected chi connectivity index (χ0v) is 16.0. The van der Waals surface area contributed by atoms with Crippen molar-refractivity contribution >= 4 is 29.1 Å². The zero-order chi connectivity index (χ0) is 19.9. The van der Waals surface area contributed by atoms with Gasteiger partial charge in [0.25, 0.3) is 5.91 Å². The molecule has 0 saturated carbocycles. The molecule has 0 bridgehead atoms. The van der Waals surface area contributed by atoms with Gasteiger partial charge in [-0.2, -0.15) is 4.98 Å². The SMILES string of the molecule is CNC(=O)c1cccc(NC(=O)CCCc2nc(-c3ccc(Cl)cc3)no2)c1. The van der Waals surface area contributed by atoms with E-state index >= 15 is 0 Å². The number of nitrogens with zero attached hydrogens (tertiary/aromatic N) is 2. The number of rotatable bonds is 7. The van der Waals surface area contributed by atoms with Gasteiger partial charge in [0.2, 0.25) is 17.6 Å². The van der Waals surface area contributed by atoms with Gasteiger partial charge in [0.15, 0.2) is 0 Å². The van der Waals surface area contributed by atoms with Crippen LogP contribution in [0.5, 0.6) is 0 Å². The molecule has 8 heteroatoms. The van der Waals surface area contributed by atoms with Crippen molar-refractivity contribution in [3.63, 3.8) is 0 Å². The number of aryl methyl sites for hydroxylation is 1. The van der Waals surface area contributed by atoms with Gasteiger partial charge in [0, 0.05) is 41.7 Å². The number of hydrogen-bond donors (Lipinski definition) is 2. The number of benzene rings is 2. The van der Waals surface area contributed by atoms with E-state index in [1.165, 1.54) is 0 Å². The highest BCUT2D eigenvalue weighted by molar-refractivity contribution is 6.30. The zero-order valence-electron chi connectivity index (χ0n) is 15.2. The lowest BCUT2D eigenvalue weighted by molar-refractivity contribution is -0.116. The average Bonchev–Trinajstić information content (AvgIpc) is 3.17. The predicted octanol–water partition coefficient (Wildman–Crippen LogP) is 3.71. The molecule has 0 unspecified atom stereocenters. The van der Waals surface area contributed by atoms with Crippen LogP contribution in [0.3, 0.4) is 0 Å². The second kappa shape index (κ2) is 9.14. The summed E-state index contributed by atoms with van der Waals surface area (Å²) < 4.78 is 5.23. The quantitative estimate of drug-likeness (QED) is 0.632. The standard InChI is InChI=1S/C20H19ClN4O3/c1-22-20(27)14-4-2-5-16(12-14)23-17(26)6-3-7-18-24-19(25-28-18)13-8-10-15(21)11-9-13/h2,4-5,8-12H,3,6-7H2,1H3,(H,22,27)(H,23,26). The van der Waals surface area contributed by atoms with Crippen LogP contribution in [0, 0.1) is 0 Å². The van der Waals surface area contributed by atoms with Crippen molar-refractivity contribution in [2.45, 2.75) is 19.3 Å². The van der Waals surface area contributed by atoms with E-state index in [0.717, 1.165) is 5.56 Å². The van der Waals surface area contributed by atoms with Crippen molar-refractivity contribution in [2.24, 2.45) is 0 Å². The Morgan fingerprint density at radius 3 is 2.68 bits per heavy atom. The molecule has 2 N–H and O–H groups in total. The maximum Gasteiger partial charge on any atom is 0.251 e. The number of nitrogens with one attached hydrogen (secondary N) is 2. The second-order valence-electron chi connectivity index (χ2n) is 6.08. The van der Waals surface area contributed by atoms with Crippen LogP contribution >= 0.6 is 11.6 Å². The highest BCUT2D eigenvalue weighted by Gasteiger charge is 2.10. The topological polar surface area (TPSA) is 97.1 Å². The molecule has 1 heterocycles. The maximum atomic E-state index is 12.1. The molecule has 2 aromatic carbocycles. The third-order valence-electron chi connectivity index (χ3n) is 4.00. The molecule has 28 heavy (non-hydrogen) atoms. The summed E-state index contributed by atoms with van der Waals surface area (Å²) in [6.07, 6.45) is 1.35. The number of anilines is 1. The van der Waals surface area contributed by atoms with Crippen LogP contribution in [0.1, 0.15) is 29.1 Å². The molecule has 2 amide bonds. The lowest BCUT2D eigenvalue weighted by atomic mass is 10.1. The van der Waals surface area contributed by atoms with Gasteiger partial charge >= 0.3 is 0 Å². The number of carbonyl (C=O) groups is 2. The molecule has 0 fully saturated rings. The van der Waals surface area contributed by atoms with E-state index in [9.17, 15) is 9.59 Å². The fourth-order valence-electron chi connectivity index (χ4n) is 2.58. The molecule has 0 radical (unpaired) electrons. The van der Waals surface area contributed by atoms with E-state index in [4.69, 9.17) is 16.1 Å². The first kappa shape index (κ1) is 19.6. The van der Waals surface area contributed by atoms with Gasteiger partial charge in [-0.1, -0.05) is 22.8 Å². The monoisotopic (exact) mass is 398 g/mol. The number of amides is 2. The summed E-state index contributed by atoms with van der Waals surface area (Å²) in [5.41, 5.74) is 1.88. The smallest absolute Gasteiger partial charge is 0.251 e. The Balaban J connectivity index is 1.49. The van der Waals surface area contributed by atoms with Crippen LogP contribution in [0.25, 0.3) is 11.4 Å². The first-order chi connectivity index (χ1) is 13.5. The summed E-state index contributed by atoms with van der Waals surface area (Å²) in [5, 5.41) is 9.92. The van der Waals surface area contributed by atoms with Crippen LogP contribution in [0.4, 0.5) is 5.69 Å². The summed E-state index contributed by atoms with van der Waals surface area (Å²) in [6.45, 7) is 0. The van der Waals surface area contributed by atoms with Gasteiger partial charge in [0.1, 0.15) is 0 Å². The molecule has 7 nitrogen and oxygen atoms in total. The summed E-state index contributed by atoms with van der Waals surface area (Å²) in [7, 11) is 1.56. The molecule has 0 saturated heterocycles. The highest BCUT2D eigenvalue weighted by atomic mass is 35.5. The first-order valence-corrected chi connectivity index (χ1v) is 9.13. The third-order valence-corrected chi connectivity index (χ3v) is 4.25. The molecule has 0 aliphatic heterocycles. The van der Waals surface area contributed by atoms with Gasteiger partial charge in [0.05, 0.1) is 0 Å². The lowest BCUT2D eigenvalue weighted by Crippen LogP contribution is -2.18. The number of aromatic nitrogens is 2. The molecule has 0 aliphatic rings. The Morgan fingerprint density at radius 1 is 1.14 bits per heavy atom. The Bertz CT molecular complexity index is 970. The molecule has 0 aliphatic carbocycles. The van der Waals surface area contributed by atoms with E-state index in [-0.39, 0.29) is 11.8 Å². The van der Waals surface area contributed by atoms with Crippen LogP contribution < -0.4 is 10.6 Å². The third kappa shape index (κ3) is 5.17. The Hall–Kier alpha value is -3.19. The van der Waals surface area contributed by atoms with Crippen molar-refractivity contribution in [3.05, 3.63) is 65.0 Å². The summed E-state index contributed by atoms with van der Waals surface area (Å²) in [5.74, 6) is 0.608. The number of hydrogen-bond acceptors (Lipinski definition) is 5. The Labute approximate surface area is 167 Å². The van der Waals surface area contributed by atoms with Gasteiger partial charge in [-0.3, -0.25) is 9.59 Å². The lowest BCUT2D eigenvalue weighted by Gasteiger charge is -2.06. The molecular formula is C20H19ClN4O3. The van der Waals surface area contributed by atoms with Crippen molar-refractivity contribution in [1.82, 2.24) is 15.5 Å². The number of carbonyl (C=O) groups excluding carboxylic acids is 2. The van der Waals surface area contributed by atoms with Crippen LogP contribution in [0.2, 0.25) is 5.02 Å². The normalized spacial score (nSPS) is 10.5. The van der Waals surface area contributed by atoms with Gasteiger partial charge in [-0.25, -0.2) is 0 Å². The second-order valence-corrected chi connectivity index (χ2v) is 6.52. The summed E-state index contributed by atoms with van der Waals surface area (Å²) in [6, 6.07) is 13.9. The van der Waals surface area contributed by atoms with Crippen molar-refractivity contribution in [2.75, 3.05) is 12.4 Å². The molecule has 1 aromatic heterocycles. The molecular weight excluding hydrogens is 380 g/mol. The molecule has 0 atom stereocenters. The fourth-order valence-corrected chi connectivity index (χ4v) is 2.70. The van der Waals surface area contributed by atoms with E-state index in [0.29, 0.717) is 47.3 Å². The minimum Gasteiger partial charge on any atom is -0.355 e. The van der Waals surface area contributed by atoms with Crippen LogP contribution in [0.15, 0.2) is 53.1 Å². The highest BCUT2D eigenvalue weighted by Crippen LogP contribution is 2.19. The fraction of sp³-hybridized carbons (Fsp3) is 0.200. The van der Waals surface area contributed by atoms with Crippen molar-refractivity contribution in [3.8, 4) is 11.4 Å². The van der Waals surface area contributed by atoms with E-state index < -0.39 is 0 Å². The largest absolute Gasteiger partial charge is 0.355 e. The van der Waals surface area contributed by atoms with E-state index in [1.807, 2.05) is 12.1 Å². The predicted molar refractivity (Wildman–Crippen MR) is 106 cm³/mol. The van der Waals surface area contributed by atoms with Crippen molar-refractivity contribution < 1.29 is 14.1 Å². The molecule has 0 spiro atoms. The Morgan fingerprint density at radius 2 is 1.93 bits per heavy atom. The van der Waals surface area contributed by atoms with Gasteiger partial charge in [-0.05, 0) is 48.9 Å². The Kier molecular flexibility index (Phi) is 6.39. The van der Waals surface area contributed by atoms with Crippen LogP contribution in [-0.4, -0.2) is 29.0 Å². The minimum absolute atomic E-state index is 0.147. The van der Waals surface area contributed by atoms with E-state index in [2.05, 4.69) is 20.8 Å². The average molecular weight is 399 g/mol.